The third-order valence-corrected chi connectivity index (χ3v) is 9.46. The number of ether oxygens (including phenoxy) is 1. The number of rotatable bonds is 7. The number of thiazole rings is 1. The SMILES string of the molecule is COc1cc(C(=O)O)c(F)cc1NS(=O)(=O)c1ncc(-c2ccc(C3=CCC(C(C)(C)C)CC3)cc2)s1. The predicted molar refractivity (Wildman–Crippen MR) is 143 cm³/mol. The Bertz CT molecular complexity index is 1450. The van der Waals surface area contributed by atoms with Gasteiger partial charge in [-0.25, -0.2) is 14.2 Å². The number of nitrogens with zero attached hydrogens (tertiary/aromatic N) is 1. The maximum atomic E-state index is 14.2. The summed E-state index contributed by atoms with van der Waals surface area (Å²) in [6.07, 6.45) is 7.07. The van der Waals surface area contributed by atoms with Crippen molar-refractivity contribution >= 4 is 38.6 Å². The number of aromatic nitrogens is 1. The van der Waals surface area contributed by atoms with Crippen LogP contribution in [-0.2, 0) is 10.0 Å². The van der Waals surface area contributed by atoms with Crippen molar-refractivity contribution in [1.82, 2.24) is 4.98 Å². The van der Waals surface area contributed by atoms with Gasteiger partial charge in [-0.05, 0) is 53.4 Å². The monoisotopic (exact) mass is 544 g/mol. The van der Waals surface area contributed by atoms with Crippen LogP contribution in [-0.4, -0.2) is 31.6 Å². The summed E-state index contributed by atoms with van der Waals surface area (Å²) in [7, 11) is -2.94. The van der Waals surface area contributed by atoms with E-state index in [-0.39, 0.29) is 15.8 Å². The molecule has 7 nitrogen and oxygen atoms in total. The van der Waals surface area contributed by atoms with Gasteiger partial charge in [0.2, 0.25) is 4.34 Å². The smallest absolute Gasteiger partial charge is 0.338 e. The van der Waals surface area contributed by atoms with Crippen LogP contribution < -0.4 is 9.46 Å². The van der Waals surface area contributed by atoms with E-state index in [1.165, 1.54) is 18.9 Å². The Balaban J connectivity index is 1.52. The molecule has 1 heterocycles. The van der Waals surface area contributed by atoms with E-state index < -0.39 is 27.4 Å². The predicted octanol–water partition coefficient (Wildman–Crippen LogP) is 6.69. The minimum absolute atomic E-state index is 0.124. The van der Waals surface area contributed by atoms with Gasteiger partial charge in [-0.1, -0.05) is 51.1 Å². The summed E-state index contributed by atoms with van der Waals surface area (Å²) in [5.41, 5.74) is 2.78. The number of nitrogens with one attached hydrogen (secondary N) is 1. The molecule has 196 valence electrons. The van der Waals surface area contributed by atoms with Crippen LogP contribution >= 0.6 is 11.3 Å². The molecule has 37 heavy (non-hydrogen) atoms. The molecule has 2 N–H and O–H groups in total. The number of carboxylic acids is 1. The zero-order valence-electron chi connectivity index (χ0n) is 21.0. The van der Waals surface area contributed by atoms with Crippen LogP contribution in [0.15, 0.2) is 53.0 Å². The van der Waals surface area contributed by atoms with Crippen LogP contribution in [0.5, 0.6) is 5.75 Å². The molecule has 1 aromatic heterocycles. The van der Waals surface area contributed by atoms with Gasteiger partial charge in [0.25, 0.3) is 10.0 Å². The van der Waals surface area contributed by atoms with Gasteiger partial charge in [-0.3, -0.25) is 4.72 Å². The van der Waals surface area contributed by atoms with Crippen LogP contribution in [0.1, 0.15) is 56.0 Å². The molecular formula is C27H29FN2O5S2. The Morgan fingerprint density at radius 1 is 1.19 bits per heavy atom. The number of sulfonamides is 1. The minimum atomic E-state index is -4.17. The van der Waals surface area contributed by atoms with Crippen LogP contribution in [0.4, 0.5) is 10.1 Å². The van der Waals surface area contributed by atoms with Gasteiger partial charge in [0.05, 0.1) is 23.2 Å². The Hall–Kier alpha value is -3.24. The molecule has 0 amide bonds. The van der Waals surface area contributed by atoms with Crippen molar-refractivity contribution < 1.29 is 27.4 Å². The lowest BCUT2D eigenvalue weighted by molar-refractivity contribution is 0.0691. The summed E-state index contributed by atoms with van der Waals surface area (Å²) in [5.74, 6) is -2.03. The number of hydrogen-bond acceptors (Lipinski definition) is 6. The molecule has 0 radical (unpaired) electrons. The van der Waals surface area contributed by atoms with Crippen molar-refractivity contribution in [2.24, 2.45) is 11.3 Å². The fraction of sp³-hybridized carbons (Fsp3) is 0.333. The molecule has 0 spiro atoms. The van der Waals surface area contributed by atoms with Crippen molar-refractivity contribution in [2.45, 2.75) is 44.4 Å². The average molecular weight is 545 g/mol. The third kappa shape index (κ3) is 5.86. The van der Waals surface area contributed by atoms with Crippen LogP contribution in [0.25, 0.3) is 16.0 Å². The molecule has 10 heteroatoms. The molecule has 0 bridgehead atoms. The molecule has 1 aliphatic carbocycles. The summed E-state index contributed by atoms with van der Waals surface area (Å²) in [6.45, 7) is 6.86. The van der Waals surface area contributed by atoms with Gasteiger partial charge < -0.3 is 9.84 Å². The molecule has 0 fully saturated rings. The number of carboxylic acid groups (broad SMARTS) is 1. The van der Waals surface area contributed by atoms with Gasteiger partial charge in [0.1, 0.15) is 11.6 Å². The standard InChI is InChI=1S/C27H29FN2O5S2/c1-27(2,3)19-11-9-17(10-12-19)16-5-7-18(8-6-16)24-15-29-26(36-24)37(33,34)30-22-14-21(28)20(25(31)32)13-23(22)35-4/h5-9,13-15,19,30H,10-12H2,1-4H3,(H,31,32). The average Bonchev–Trinajstić information content (AvgIpc) is 3.35. The Labute approximate surface area is 220 Å². The molecular weight excluding hydrogens is 515 g/mol. The first-order valence-corrected chi connectivity index (χ1v) is 14.1. The highest BCUT2D eigenvalue weighted by Crippen LogP contribution is 2.40. The van der Waals surface area contributed by atoms with Gasteiger partial charge in [-0.2, -0.15) is 8.42 Å². The summed E-state index contributed by atoms with van der Waals surface area (Å²) >= 11 is 0.977. The summed E-state index contributed by atoms with van der Waals surface area (Å²) in [6, 6.07) is 9.69. The van der Waals surface area contributed by atoms with Crippen molar-refractivity contribution in [3.05, 3.63) is 65.6 Å². The quantitative estimate of drug-likeness (QED) is 0.343. The number of aromatic carboxylic acids is 1. The highest BCUT2D eigenvalue weighted by Gasteiger charge is 2.27. The van der Waals surface area contributed by atoms with E-state index in [2.05, 4.69) is 36.6 Å². The van der Waals surface area contributed by atoms with E-state index in [0.29, 0.717) is 16.2 Å². The van der Waals surface area contributed by atoms with E-state index in [1.807, 2.05) is 24.3 Å². The van der Waals surface area contributed by atoms with Gasteiger partial charge in [0, 0.05) is 12.3 Å². The van der Waals surface area contributed by atoms with Crippen LogP contribution in [0.3, 0.4) is 0 Å². The second-order valence-corrected chi connectivity index (χ2v) is 13.0. The second kappa shape index (κ2) is 10.3. The van der Waals surface area contributed by atoms with Crippen LogP contribution in [0, 0.1) is 17.2 Å². The molecule has 0 saturated carbocycles. The van der Waals surface area contributed by atoms with Crippen molar-refractivity contribution in [3.8, 4) is 16.2 Å². The zero-order valence-corrected chi connectivity index (χ0v) is 22.7. The van der Waals surface area contributed by atoms with E-state index in [1.54, 1.807) is 0 Å². The number of allylic oxidation sites excluding steroid dienone is 2. The maximum Gasteiger partial charge on any atom is 0.338 e. The first-order valence-electron chi connectivity index (χ1n) is 11.8. The fourth-order valence-electron chi connectivity index (χ4n) is 4.40. The highest BCUT2D eigenvalue weighted by atomic mass is 32.2. The molecule has 3 aromatic rings. The maximum absolute atomic E-state index is 14.2. The molecule has 0 aliphatic heterocycles. The lowest BCUT2D eigenvalue weighted by Crippen LogP contribution is -2.21. The Morgan fingerprint density at radius 3 is 2.43 bits per heavy atom. The Kier molecular flexibility index (Phi) is 7.43. The fourth-order valence-corrected chi connectivity index (χ4v) is 6.62. The molecule has 4 rings (SSSR count). The number of anilines is 1. The lowest BCUT2D eigenvalue weighted by Gasteiger charge is -2.33. The van der Waals surface area contributed by atoms with E-state index in [9.17, 15) is 17.6 Å². The van der Waals surface area contributed by atoms with E-state index >= 15 is 0 Å². The number of hydrogen-bond donors (Lipinski definition) is 2. The number of methoxy groups -OCH3 is 1. The van der Waals surface area contributed by atoms with Crippen molar-refractivity contribution in [2.75, 3.05) is 11.8 Å². The molecule has 0 saturated heterocycles. The zero-order chi connectivity index (χ0) is 27.0. The number of carbonyl (C=O) groups is 1. The molecule has 1 atom stereocenters. The van der Waals surface area contributed by atoms with Crippen molar-refractivity contribution in [3.63, 3.8) is 0 Å². The molecule has 1 unspecified atom stereocenters. The topological polar surface area (TPSA) is 106 Å². The molecule has 2 aromatic carbocycles. The first kappa shape index (κ1) is 26.8. The summed E-state index contributed by atoms with van der Waals surface area (Å²) in [5, 5.41) is 9.08. The van der Waals surface area contributed by atoms with Gasteiger partial charge in [-0.15, -0.1) is 11.3 Å². The molecule has 1 aliphatic rings. The Morgan fingerprint density at radius 2 is 1.86 bits per heavy atom. The first-order chi connectivity index (χ1) is 17.4. The second-order valence-electron chi connectivity index (χ2n) is 10.1. The normalized spacial score (nSPS) is 16.2. The van der Waals surface area contributed by atoms with E-state index in [4.69, 9.17) is 9.84 Å². The highest BCUT2D eigenvalue weighted by molar-refractivity contribution is 7.94. The lowest BCUT2D eigenvalue weighted by atomic mass is 9.72. The van der Waals surface area contributed by atoms with Crippen LogP contribution in [0.2, 0.25) is 0 Å². The third-order valence-electron chi connectivity index (χ3n) is 6.65. The van der Waals surface area contributed by atoms with Gasteiger partial charge >= 0.3 is 5.97 Å². The number of benzene rings is 2. The summed E-state index contributed by atoms with van der Waals surface area (Å²) in [4.78, 5) is 15.9. The number of halogens is 1. The van der Waals surface area contributed by atoms with Gasteiger partial charge in [0.15, 0.2) is 0 Å². The largest absolute Gasteiger partial charge is 0.495 e. The minimum Gasteiger partial charge on any atom is -0.495 e. The summed E-state index contributed by atoms with van der Waals surface area (Å²) < 4.78 is 47.1. The van der Waals surface area contributed by atoms with E-state index in [0.717, 1.165) is 53.9 Å². The van der Waals surface area contributed by atoms with Crippen molar-refractivity contribution in [1.29, 1.82) is 0 Å².